The molecule has 28 heavy (non-hydrogen) atoms. The molecule has 142 valence electrons. The van der Waals surface area contributed by atoms with Gasteiger partial charge in [0.2, 0.25) is 0 Å². The van der Waals surface area contributed by atoms with Gasteiger partial charge in [-0.1, -0.05) is 91.0 Å². The van der Waals surface area contributed by atoms with Crippen LogP contribution in [0.5, 0.6) is 0 Å². The number of nitrogens with two attached hydrogens (primary N) is 1. The lowest BCUT2D eigenvalue weighted by Crippen LogP contribution is -2.65. The third kappa shape index (κ3) is 4.53. The molecule has 0 spiro atoms. The normalized spacial score (nSPS) is 18.8. The monoisotopic (exact) mass is 370 g/mol. The molecule has 0 aromatic heterocycles. The molecule has 0 saturated carbocycles. The summed E-state index contributed by atoms with van der Waals surface area (Å²) in [5.74, 6) is 0. The van der Waals surface area contributed by atoms with Gasteiger partial charge in [-0.05, 0) is 29.4 Å². The van der Waals surface area contributed by atoms with Gasteiger partial charge in [-0.3, -0.25) is 4.81 Å². The highest BCUT2D eigenvalue weighted by atomic mass is 16.4. The van der Waals surface area contributed by atoms with Crippen LogP contribution < -0.4 is 11.2 Å². The fraction of sp³-hybridized carbons (Fsp3) is 0.250. The van der Waals surface area contributed by atoms with E-state index in [1.165, 1.54) is 16.6 Å². The Morgan fingerprint density at radius 2 is 1.43 bits per heavy atom. The van der Waals surface area contributed by atoms with Gasteiger partial charge < -0.3 is 10.4 Å². The van der Waals surface area contributed by atoms with E-state index in [-0.39, 0.29) is 13.2 Å². The Kier molecular flexibility index (Phi) is 6.22. The molecular weight excluding hydrogens is 343 g/mol. The van der Waals surface area contributed by atoms with Gasteiger partial charge in [0.05, 0.1) is 6.17 Å². The third-order valence-corrected chi connectivity index (χ3v) is 5.49. The average Bonchev–Trinajstić information content (AvgIpc) is 2.75. The molecule has 1 heterocycles. The first kappa shape index (κ1) is 18.9. The second-order valence-corrected chi connectivity index (χ2v) is 7.47. The SMILES string of the molecule is NC(Cc1ccccc1)N1B(c2ccccc2)OCCC1Cc1ccccc1. The summed E-state index contributed by atoms with van der Waals surface area (Å²) in [6, 6.07) is 32.0. The summed E-state index contributed by atoms with van der Waals surface area (Å²) in [7, 11) is -0.109. The summed E-state index contributed by atoms with van der Waals surface area (Å²) in [5.41, 5.74) is 10.6. The molecule has 4 rings (SSSR count). The van der Waals surface area contributed by atoms with Crippen LogP contribution in [0.15, 0.2) is 91.0 Å². The van der Waals surface area contributed by atoms with Gasteiger partial charge in [0.25, 0.3) is 0 Å². The van der Waals surface area contributed by atoms with Crippen molar-refractivity contribution in [3.8, 4) is 0 Å². The maximum absolute atomic E-state index is 6.80. The van der Waals surface area contributed by atoms with Gasteiger partial charge in [-0.15, -0.1) is 0 Å². The smallest absolute Gasteiger partial charge is 0.417 e. The minimum Gasteiger partial charge on any atom is -0.417 e. The first-order valence-corrected chi connectivity index (χ1v) is 10.1. The Bertz CT molecular complexity index is 844. The molecule has 4 heteroatoms. The van der Waals surface area contributed by atoms with E-state index in [1.807, 2.05) is 12.1 Å². The largest absolute Gasteiger partial charge is 0.420 e. The summed E-state index contributed by atoms with van der Waals surface area (Å²) in [4.78, 5) is 2.39. The van der Waals surface area contributed by atoms with Crippen LogP contribution in [-0.4, -0.2) is 30.7 Å². The minimum absolute atomic E-state index is 0.109. The van der Waals surface area contributed by atoms with E-state index < -0.39 is 0 Å². The number of rotatable bonds is 6. The summed E-state index contributed by atoms with van der Waals surface area (Å²) >= 11 is 0. The van der Waals surface area contributed by atoms with Crippen LogP contribution in [0.3, 0.4) is 0 Å². The highest BCUT2D eigenvalue weighted by Gasteiger charge is 2.39. The highest BCUT2D eigenvalue weighted by Crippen LogP contribution is 2.22. The fourth-order valence-corrected chi connectivity index (χ4v) is 4.13. The van der Waals surface area contributed by atoms with Crippen molar-refractivity contribution in [2.75, 3.05) is 6.61 Å². The predicted octanol–water partition coefficient (Wildman–Crippen LogP) is 3.24. The Hall–Kier alpha value is -2.40. The molecule has 3 aromatic rings. The van der Waals surface area contributed by atoms with Crippen molar-refractivity contribution in [2.45, 2.75) is 31.5 Å². The van der Waals surface area contributed by atoms with E-state index >= 15 is 0 Å². The van der Waals surface area contributed by atoms with Crippen LogP contribution in [0.4, 0.5) is 0 Å². The Balaban J connectivity index is 1.62. The molecular formula is C24H27BN2O. The van der Waals surface area contributed by atoms with E-state index in [2.05, 4.69) is 83.7 Å². The summed E-state index contributed by atoms with van der Waals surface area (Å²) in [5, 5.41) is 0. The molecule has 3 nitrogen and oxygen atoms in total. The number of benzene rings is 3. The van der Waals surface area contributed by atoms with E-state index in [9.17, 15) is 0 Å². The minimum atomic E-state index is -0.110. The molecule has 1 saturated heterocycles. The fourth-order valence-electron chi connectivity index (χ4n) is 4.13. The number of nitrogens with zero attached hydrogens (tertiary/aromatic N) is 1. The van der Waals surface area contributed by atoms with Crippen molar-refractivity contribution in [1.29, 1.82) is 0 Å². The van der Waals surface area contributed by atoms with Crippen LogP contribution in [0, 0.1) is 0 Å². The van der Waals surface area contributed by atoms with Gasteiger partial charge in [-0.25, -0.2) is 0 Å². The highest BCUT2D eigenvalue weighted by molar-refractivity contribution is 6.65. The van der Waals surface area contributed by atoms with Crippen molar-refractivity contribution in [3.05, 3.63) is 102 Å². The van der Waals surface area contributed by atoms with Gasteiger partial charge in [0.15, 0.2) is 0 Å². The summed E-state index contributed by atoms with van der Waals surface area (Å²) in [6.45, 7) is 0.756. The van der Waals surface area contributed by atoms with E-state index in [0.29, 0.717) is 6.04 Å². The number of hydrogen-bond donors (Lipinski definition) is 1. The zero-order valence-corrected chi connectivity index (χ0v) is 16.2. The second kappa shape index (κ2) is 9.20. The van der Waals surface area contributed by atoms with Crippen LogP contribution in [-0.2, 0) is 17.5 Å². The van der Waals surface area contributed by atoms with Crippen LogP contribution >= 0.6 is 0 Å². The van der Waals surface area contributed by atoms with E-state index in [4.69, 9.17) is 10.4 Å². The van der Waals surface area contributed by atoms with Gasteiger partial charge in [0, 0.05) is 19.1 Å². The molecule has 0 radical (unpaired) electrons. The molecule has 0 bridgehead atoms. The lowest BCUT2D eigenvalue weighted by atomic mass is 9.67. The third-order valence-electron chi connectivity index (χ3n) is 5.49. The van der Waals surface area contributed by atoms with Crippen molar-refractivity contribution in [2.24, 2.45) is 5.73 Å². The Morgan fingerprint density at radius 1 is 0.857 bits per heavy atom. The first-order chi connectivity index (χ1) is 13.8. The maximum atomic E-state index is 6.80. The topological polar surface area (TPSA) is 38.5 Å². The molecule has 1 aliphatic heterocycles. The molecule has 2 unspecified atom stereocenters. The van der Waals surface area contributed by atoms with Crippen molar-refractivity contribution in [1.82, 2.24) is 4.81 Å². The van der Waals surface area contributed by atoms with Crippen molar-refractivity contribution >= 4 is 12.5 Å². The van der Waals surface area contributed by atoms with Crippen LogP contribution in [0.2, 0.25) is 0 Å². The Labute approximate surface area is 168 Å². The van der Waals surface area contributed by atoms with Crippen molar-refractivity contribution < 1.29 is 4.65 Å². The molecule has 2 atom stereocenters. The van der Waals surface area contributed by atoms with E-state index in [0.717, 1.165) is 25.9 Å². The van der Waals surface area contributed by atoms with Crippen LogP contribution in [0.25, 0.3) is 0 Å². The molecule has 0 amide bonds. The van der Waals surface area contributed by atoms with Gasteiger partial charge >= 0.3 is 7.05 Å². The van der Waals surface area contributed by atoms with Crippen LogP contribution in [0.1, 0.15) is 17.5 Å². The zero-order chi connectivity index (χ0) is 19.2. The maximum Gasteiger partial charge on any atom is 0.420 e. The zero-order valence-electron chi connectivity index (χ0n) is 16.2. The molecule has 1 fully saturated rings. The Morgan fingerprint density at radius 3 is 2.07 bits per heavy atom. The second-order valence-electron chi connectivity index (χ2n) is 7.47. The molecule has 1 aliphatic rings. The summed E-state index contributed by atoms with van der Waals surface area (Å²) < 4.78 is 6.25. The molecule has 2 N–H and O–H groups in total. The molecule has 0 aliphatic carbocycles. The standard InChI is InChI=1S/C24H27BN2O/c26-24(19-21-12-6-2-7-13-21)27-23(18-20-10-4-1-5-11-20)16-17-28-25(27)22-14-8-3-9-15-22/h1-15,23-24H,16-19,26H2. The lowest BCUT2D eigenvalue weighted by Gasteiger charge is -2.44. The van der Waals surface area contributed by atoms with Crippen molar-refractivity contribution in [3.63, 3.8) is 0 Å². The quantitative estimate of drug-likeness (QED) is 0.677. The summed E-state index contributed by atoms with van der Waals surface area (Å²) in [6.07, 6.45) is 2.66. The molecule has 3 aromatic carbocycles. The van der Waals surface area contributed by atoms with Gasteiger partial charge in [-0.2, -0.15) is 0 Å². The van der Waals surface area contributed by atoms with E-state index in [1.54, 1.807) is 0 Å². The average molecular weight is 370 g/mol. The lowest BCUT2D eigenvalue weighted by molar-refractivity contribution is 0.122. The predicted molar refractivity (Wildman–Crippen MR) is 116 cm³/mol. The number of hydrogen-bond acceptors (Lipinski definition) is 3. The van der Waals surface area contributed by atoms with Gasteiger partial charge in [0.1, 0.15) is 0 Å². The first-order valence-electron chi connectivity index (χ1n) is 10.1.